The smallest absolute Gasteiger partial charge is 0.270 e. The number of nitrogens with zero attached hydrogens (tertiary/aromatic N) is 1. The van der Waals surface area contributed by atoms with Crippen molar-refractivity contribution in [2.75, 3.05) is 12.4 Å². The van der Waals surface area contributed by atoms with E-state index in [0.717, 1.165) is 5.56 Å². The van der Waals surface area contributed by atoms with Crippen molar-refractivity contribution in [2.45, 2.75) is 6.61 Å². The van der Waals surface area contributed by atoms with Gasteiger partial charge in [-0.3, -0.25) is 14.9 Å². The summed E-state index contributed by atoms with van der Waals surface area (Å²) in [6.07, 6.45) is 1.65. The molecule has 1 N–H and O–H groups in total. The highest BCUT2D eigenvalue weighted by molar-refractivity contribution is 6.29. The van der Waals surface area contributed by atoms with Crippen LogP contribution in [0.25, 0.3) is 11.6 Å². The summed E-state index contributed by atoms with van der Waals surface area (Å²) in [6, 6.07) is 22.8. The molecule has 0 atom stereocenters. The quantitative estimate of drug-likeness (QED) is 0.270. The number of carbonyl (C=O) groups excluding carboxylic acids is 1. The van der Waals surface area contributed by atoms with E-state index in [2.05, 4.69) is 5.32 Å². The molecule has 0 saturated carbocycles. The van der Waals surface area contributed by atoms with E-state index in [-0.39, 0.29) is 11.6 Å². The van der Waals surface area contributed by atoms with Crippen molar-refractivity contribution in [1.29, 1.82) is 0 Å². The predicted octanol–water partition coefficient (Wildman–Crippen LogP) is 4.92. The lowest BCUT2D eigenvalue weighted by Gasteiger charge is -2.11. The summed E-state index contributed by atoms with van der Waals surface area (Å²) in [5, 5.41) is 14.0. The summed E-state index contributed by atoms with van der Waals surface area (Å²) in [5.74, 6) is -0.308. The molecule has 0 spiro atoms. The number of nitro groups is 1. The van der Waals surface area contributed by atoms with E-state index in [1.54, 1.807) is 31.4 Å². The van der Waals surface area contributed by atoms with Crippen LogP contribution < -0.4 is 5.32 Å². The van der Waals surface area contributed by atoms with Crippen LogP contribution in [0.15, 0.2) is 78.9 Å². The summed E-state index contributed by atoms with van der Waals surface area (Å²) in [7, 11) is 1.61. The SMILES string of the molecule is COCc1cccc(NC(=O)/C(=C/c2cccc([N+](=O)[O-])c2)c2ccccc2)c1. The molecule has 6 nitrogen and oxygen atoms in total. The molecular formula is C23H20N2O4. The molecule has 0 bridgehead atoms. The molecule has 0 unspecified atom stereocenters. The first kappa shape index (κ1) is 20.0. The maximum atomic E-state index is 13.1. The number of hydrogen-bond acceptors (Lipinski definition) is 4. The zero-order valence-electron chi connectivity index (χ0n) is 15.9. The summed E-state index contributed by atoms with van der Waals surface area (Å²) in [6.45, 7) is 0.443. The third-order valence-corrected chi connectivity index (χ3v) is 4.22. The number of anilines is 1. The van der Waals surface area contributed by atoms with Gasteiger partial charge in [0.1, 0.15) is 0 Å². The largest absolute Gasteiger partial charge is 0.380 e. The zero-order valence-corrected chi connectivity index (χ0v) is 15.9. The molecule has 3 rings (SSSR count). The molecule has 0 radical (unpaired) electrons. The highest BCUT2D eigenvalue weighted by Crippen LogP contribution is 2.23. The van der Waals surface area contributed by atoms with Crippen LogP contribution in [0.1, 0.15) is 16.7 Å². The van der Waals surface area contributed by atoms with Gasteiger partial charge in [0.15, 0.2) is 0 Å². The molecule has 146 valence electrons. The van der Waals surface area contributed by atoms with E-state index < -0.39 is 4.92 Å². The van der Waals surface area contributed by atoms with Gasteiger partial charge in [-0.25, -0.2) is 0 Å². The molecular weight excluding hydrogens is 368 g/mol. The van der Waals surface area contributed by atoms with Crippen molar-refractivity contribution >= 4 is 28.9 Å². The molecule has 6 heteroatoms. The van der Waals surface area contributed by atoms with Crippen molar-refractivity contribution in [3.8, 4) is 0 Å². The number of carbonyl (C=O) groups is 1. The average molecular weight is 388 g/mol. The molecule has 0 aliphatic heterocycles. The van der Waals surface area contributed by atoms with Crippen LogP contribution in [0, 0.1) is 10.1 Å². The number of hydrogen-bond donors (Lipinski definition) is 1. The van der Waals surface area contributed by atoms with Crippen molar-refractivity contribution in [3.05, 3.63) is 106 Å². The van der Waals surface area contributed by atoms with Gasteiger partial charge in [-0.1, -0.05) is 54.6 Å². The Balaban J connectivity index is 1.96. The van der Waals surface area contributed by atoms with E-state index in [0.29, 0.717) is 29.0 Å². The van der Waals surface area contributed by atoms with Gasteiger partial charge in [0.25, 0.3) is 11.6 Å². The van der Waals surface area contributed by atoms with Crippen LogP contribution in [0.3, 0.4) is 0 Å². The Hall–Kier alpha value is -3.77. The number of ether oxygens (including phenoxy) is 1. The molecule has 1 amide bonds. The normalized spacial score (nSPS) is 11.1. The Morgan fingerprint density at radius 2 is 1.79 bits per heavy atom. The number of nitrogens with one attached hydrogen (secondary N) is 1. The van der Waals surface area contributed by atoms with Gasteiger partial charge >= 0.3 is 0 Å². The van der Waals surface area contributed by atoms with Crippen LogP contribution in [-0.4, -0.2) is 17.9 Å². The van der Waals surface area contributed by atoms with Crippen LogP contribution >= 0.6 is 0 Å². The summed E-state index contributed by atoms with van der Waals surface area (Å²) in [4.78, 5) is 23.7. The third-order valence-electron chi connectivity index (χ3n) is 4.22. The first-order valence-corrected chi connectivity index (χ1v) is 8.97. The van der Waals surface area contributed by atoms with Gasteiger partial charge in [-0.2, -0.15) is 0 Å². The molecule has 0 aliphatic rings. The molecule has 29 heavy (non-hydrogen) atoms. The van der Waals surface area contributed by atoms with E-state index >= 15 is 0 Å². The Morgan fingerprint density at radius 3 is 2.52 bits per heavy atom. The van der Waals surface area contributed by atoms with Gasteiger partial charge in [-0.15, -0.1) is 0 Å². The first-order chi connectivity index (χ1) is 14.1. The van der Waals surface area contributed by atoms with Crippen LogP contribution in [0.4, 0.5) is 11.4 Å². The van der Waals surface area contributed by atoms with E-state index in [4.69, 9.17) is 4.74 Å². The molecule has 3 aromatic rings. The molecule has 0 fully saturated rings. The van der Waals surface area contributed by atoms with E-state index in [1.807, 2.05) is 48.5 Å². The highest BCUT2D eigenvalue weighted by Gasteiger charge is 2.14. The minimum Gasteiger partial charge on any atom is -0.380 e. The Bertz CT molecular complexity index is 1050. The number of non-ortho nitro benzene ring substituents is 1. The number of rotatable bonds is 7. The van der Waals surface area contributed by atoms with Gasteiger partial charge < -0.3 is 10.1 Å². The maximum Gasteiger partial charge on any atom is 0.270 e. The summed E-state index contributed by atoms with van der Waals surface area (Å²) < 4.78 is 5.14. The Labute approximate surface area is 168 Å². The lowest BCUT2D eigenvalue weighted by molar-refractivity contribution is -0.384. The summed E-state index contributed by atoms with van der Waals surface area (Å²) >= 11 is 0. The second-order valence-corrected chi connectivity index (χ2v) is 6.36. The standard InChI is InChI=1S/C23H20N2O4/c1-29-16-18-8-5-11-20(13-18)24-23(26)22(19-9-3-2-4-10-19)15-17-7-6-12-21(14-17)25(27)28/h2-15H,16H2,1H3,(H,24,26)/b22-15+. The van der Waals surface area contributed by atoms with E-state index in [9.17, 15) is 14.9 Å². The van der Waals surface area contributed by atoms with Crippen molar-refractivity contribution in [3.63, 3.8) is 0 Å². The molecule has 3 aromatic carbocycles. The first-order valence-electron chi connectivity index (χ1n) is 8.97. The lowest BCUT2D eigenvalue weighted by atomic mass is 10.0. The third kappa shape index (κ3) is 5.37. The fourth-order valence-corrected chi connectivity index (χ4v) is 2.90. The lowest BCUT2D eigenvalue weighted by Crippen LogP contribution is -2.14. The monoisotopic (exact) mass is 388 g/mol. The van der Waals surface area contributed by atoms with Gasteiger partial charge in [0.2, 0.25) is 0 Å². The second kappa shape index (κ2) is 9.43. The zero-order chi connectivity index (χ0) is 20.6. The Kier molecular flexibility index (Phi) is 6.50. The molecule has 0 aromatic heterocycles. The van der Waals surface area contributed by atoms with E-state index in [1.165, 1.54) is 12.1 Å². The minimum atomic E-state index is -0.457. The van der Waals surface area contributed by atoms with Gasteiger partial charge in [0, 0.05) is 30.5 Å². The van der Waals surface area contributed by atoms with Crippen molar-refractivity contribution < 1.29 is 14.5 Å². The fraction of sp³-hybridized carbons (Fsp3) is 0.0870. The Morgan fingerprint density at radius 1 is 1.03 bits per heavy atom. The molecule has 0 aliphatic carbocycles. The topological polar surface area (TPSA) is 81.5 Å². The predicted molar refractivity (Wildman–Crippen MR) is 113 cm³/mol. The fourth-order valence-electron chi connectivity index (χ4n) is 2.90. The van der Waals surface area contributed by atoms with Gasteiger partial charge in [0.05, 0.1) is 11.5 Å². The van der Waals surface area contributed by atoms with Crippen molar-refractivity contribution in [1.82, 2.24) is 0 Å². The number of nitro benzene ring substituents is 1. The number of methoxy groups -OCH3 is 1. The molecule has 0 heterocycles. The van der Waals surface area contributed by atoms with Crippen molar-refractivity contribution in [2.24, 2.45) is 0 Å². The van der Waals surface area contributed by atoms with Crippen LogP contribution in [0.5, 0.6) is 0 Å². The summed E-state index contributed by atoms with van der Waals surface area (Å²) in [5.41, 5.74) is 3.24. The molecule has 0 saturated heterocycles. The second-order valence-electron chi connectivity index (χ2n) is 6.36. The highest BCUT2D eigenvalue weighted by atomic mass is 16.6. The number of amides is 1. The minimum absolute atomic E-state index is 0.0289. The van der Waals surface area contributed by atoms with Crippen LogP contribution in [-0.2, 0) is 16.1 Å². The maximum absolute atomic E-state index is 13.1. The van der Waals surface area contributed by atoms with Crippen LogP contribution in [0.2, 0.25) is 0 Å². The number of benzene rings is 3. The average Bonchev–Trinajstić information content (AvgIpc) is 2.73. The van der Waals surface area contributed by atoms with Gasteiger partial charge in [-0.05, 0) is 34.9 Å².